The summed E-state index contributed by atoms with van der Waals surface area (Å²) in [6.45, 7) is 6.67. The number of nitrogens with zero attached hydrogens (tertiary/aromatic N) is 1. The van der Waals surface area contributed by atoms with Gasteiger partial charge in [0.05, 0.1) is 6.54 Å². The van der Waals surface area contributed by atoms with Crippen molar-refractivity contribution in [2.24, 2.45) is 10.7 Å². The van der Waals surface area contributed by atoms with Gasteiger partial charge in [-0.05, 0) is 24.0 Å². The summed E-state index contributed by atoms with van der Waals surface area (Å²) in [4.78, 5) is 15.0. The lowest BCUT2D eigenvalue weighted by atomic mass is 10.0. The number of rotatable bonds is 6. The number of amides is 1. The molecule has 0 unspecified atom stereocenters. The van der Waals surface area contributed by atoms with Crippen LogP contribution in [0.2, 0.25) is 0 Å². The molecule has 0 aliphatic rings. The first kappa shape index (κ1) is 19.7. The van der Waals surface area contributed by atoms with Crippen LogP contribution in [0.1, 0.15) is 31.9 Å². The van der Waals surface area contributed by atoms with E-state index in [4.69, 9.17) is 5.73 Å². The molecule has 0 radical (unpaired) electrons. The lowest BCUT2D eigenvalue weighted by molar-refractivity contribution is -0.118. The smallest absolute Gasteiger partial charge is 0.216 e. The van der Waals surface area contributed by atoms with Crippen LogP contribution in [0, 0.1) is 0 Å². The second kappa shape index (κ2) is 10.4. The molecule has 0 atom stereocenters. The number of benzene rings is 1. The van der Waals surface area contributed by atoms with E-state index in [1.165, 1.54) is 18.1 Å². The van der Waals surface area contributed by atoms with Crippen LogP contribution in [-0.4, -0.2) is 25.0 Å². The van der Waals surface area contributed by atoms with E-state index in [-0.39, 0.29) is 29.9 Å². The zero-order chi connectivity index (χ0) is 15.0. The summed E-state index contributed by atoms with van der Waals surface area (Å²) in [5, 5.41) is 5.86. The Hall–Kier alpha value is -1.31. The first-order chi connectivity index (χ1) is 9.58. The predicted octanol–water partition coefficient (Wildman–Crippen LogP) is 2.29. The zero-order valence-corrected chi connectivity index (χ0v) is 15.2. The third kappa shape index (κ3) is 6.79. The van der Waals surface area contributed by atoms with Gasteiger partial charge in [0.15, 0.2) is 5.96 Å². The van der Waals surface area contributed by atoms with E-state index in [9.17, 15) is 4.79 Å². The van der Waals surface area contributed by atoms with Crippen molar-refractivity contribution in [3.63, 3.8) is 0 Å². The first-order valence-electron chi connectivity index (χ1n) is 7.00. The molecule has 1 rings (SSSR count). The Labute approximate surface area is 143 Å². The number of nitrogens with two attached hydrogens (primary N) is 1. The van der Waals surface area contributed by atoms with E-state index in [2.05, 4.69) is 47.7 Å². The average molecular weight is 404 g/mol. The molecule has 1 aromatic rings. The minimum atomic E-state index is -0.0590. The highest BCUT2D eigenvalue weighted by atomic mass is 127. The standard InChI is InChI=1S/C15H24N4O.HI/c1-4-12-7-6-8-13(5-2)14(12)19-15(16)18-10-9-17-11(3)20;/h6-8H,4-5,9-10H2,1-3H3,(H,17,20)(H3,16,18,19);1H. The van der Waals surface area contributed by atoms with Gasteiger partial charge < -0.3 is 16.4 Å². The van der Waals surface area contributed by atoms with Crippen molar-refractivity contribution < 1.29 is 4.79 Å². The van der Waals surface area contributed by atoms with Crippen LogP contribution in [0.4, 0.5) is 5.69 Å². The van der Waals surface area contributed by atoms with Gasteiger partial charge in [-0.25, -0.2) is 0 Å². The van der Waals surface area contributed by atoms with Crippen LogP contribution in [0.3, 0.4) is 0 Å². The third-order valence-electron chi connectivity index (χ3n) is 3.02. The lowest BCUT2D eigenvalue weighted by Gasteiger charge is -2.14. The number of hydrogen-bond donors (Lipinski definition) is 3. The number of nitrogens with one attached hydrogen (secondary N) is 2. The van der Waals surface area contributed by atoms with Gasteiger partial charge in [-0.15, -0.1) is 24.0 Å². The van der Waals surface area contributed by atoms with E-state index in [1.54, 1.807) is 0 Å². The van der Waals surface area contributed by atoms with Gasteiger partial charge >= 0.3 is 0 Å². The number of anilines is 1. The van der Waals surface area contributed by atoms with Crippen molar-refractivity contribution in [1.82, 2.24) is 5.32 Å². The number of halogens is 1. The maximum absolute atomic E-state index is 10.7. The van der Waals surface area contributed by atoms with Crippen molar-refractivity contribution in [1.29, 1.82) is 0 Å². The van der Waals surface area contributed by atoms with Crippen LogP contribution in [0.5, 0.6) is 0 Å². The van der Waals surface area contributed by atoms with Gasteiger partial charge in [0.1, 0.15) is 0 Å². The molecule has 6 heteroatoms. The highest BCUT2D eigenvalue weighted by Crippen LogP contribution is 2.22. The molecule has 21 heavy (non-hydrogen) atoms. The van der Waals surface area contributed by atoms with Crippen molar-refractivity contribution in [2.75, 3.05) is 18.4 Å². The van der Waals surface area contributed by atoms with E-state index < -0.39 is 0 Å². The third-order valence-corrected chi connectivity index (χ3v) is 3.02. The molecule has 0 saturated heterocycles. The highest BCUT2D eigenvalue weighted by molar-refractivity contribution is 14.0. The van der Waals surface area contributed by atoms with Crippen LogP contribution in [-0.2, 0) is 17.6 Å². The summed E-state index contributed by atoms with van der Waals surface area (Å²) >= 11 is 0. The van der Waals surface area contributed by atoms with Crippen molar-refractivity contribution >= 4 is 41.5 Å². The normalized spacial score (nSPS) is 10.7. The number of carbonyl (C=O) groups is 1. The molecule has 0 aliphatic heterocycles. The van der Waals surface area contributed by atoms with Gasteiger partial charge in [0.25, 0.3) is 0 Å². The second-order valence-electron chi connectivity index (χ2n) is 4.53. The lowest BCUT2D eigenvalue weighted by Crippen LogP contribution is -2.27. The topological polar surface area (TPSA) is 79.5 Å². The SMILES string of the molecule is CCc1cccc(CC)c1NC(N)=NCCNC(C)=O.I. The van der Waals surface area contributed by atoms with Gasteiger partial charge in [-0.3, -0.25) is 9.79 Å². The van der Waals surface area contributed by atoms with Crippen LogP contribution in [0.25, 0.3) is 0 Å². The number of aliphatic imine (C=N–C) groups is 1. The van der Waals surface area contributed by atoms with Crippen LogP contribution < -0.4 is 16.4 Å². The molecular formula is C15H25IN4O. The molecule has 118 valence electrons. The van der Waals surface area contributed by atoms with Crippen LogP contribution in [0.15, 0.2) is 23.2 Å². The van der Waals surface area contributed by atoms with Crippen LogP contribution >= 0.6 is 24.0 Å². The second-order valence-corrected chi connectivity index (χ2v) is 4.53. The molecular weight excluding hydrogens is 379 g/mol. The molecule has 0 bridgehead atoms. The van der Waals surface area contributed by atoms with E-state index in [1.807, 2.05) is 0 Å². The predicted molar refractivity (Wildman–Crippen MR) is 99.4 cm³/mol. The number of carbonyl (C=O) groups excluding carboxylic acids is 1. The van der Waals surface area contributed by atoms with Crippen molar-refractivity contribution in [2.45, 2.75) is 33.6 Å². The highest BCUT2D eigenvalue weighted by Gasteiger charge is 2.06. The molecule has 0 aromatic heterocycles. The van der Waals surface area contributed by atoms with E-state index >= 15 is 0 Å². The quantitative estimate of drug-likeness (QED) is 0.295. The van der Waals surface area contributed by atoms with Crippen molar-refractivity contribution in [3.8, 4) is 0 Å². The van der Waals surface area contributed by atoms with Crippen molar-refractivity contribution in [3.05, 3.63) is 29.3 Å². The Bertz CT molecular complexity index is 466. The molecule has 1 amide bonds. The molecule has 0 saturated carbocycles. The Morgan fingerprint density at radius 1 is 1.24 bits per heavy atom. The Morgan fingerprint density at radius 3 is 2.29 bits per heavy atom. The molecule has 0 spiro atoms. The minimum absolute atomic E-state index is 0. The number of guanidine groups is 1. The Kier molecular flexibility index (Phi) is 9.77. The van der Waals surface area contributed by atoms with E-state index in [0.29, 0.717) is 19.0 Å². The summed E-state index contributed by atoms with van der Waals surface area (Å²) in [5.41, 5.74) is 9.40. The monoisotopic (exact) mass is 404 g/mol. The molecule has 0 fully saturated rings. The summed E-state index contributed by atoms with van der Waals surface area (Å²) in [6, 6.07) is 6.24. The average Bonchev–Trinajstić information content (AvgIpc) is 2.43. The maximum atomic E-state index is 10.7. The van der Waals surface area contributed by atoms with Gasteiger partial charge in [-0.1, -0.05) is 32.0 Å². The fourth-order valence-electron chi connectivity index (χ4n) is 1.98. The Balaban J connectivity index is 0.00000400. The largest absolute Gasteiger partial charge is 0.370 e. The summed E-state index contributed by atoms with van der Waals surface area (Å²) < 4.78 is 0. The Morgan fingerprint density at radius 2 is 1.81 bits per heavy atom. The number of para-hydroxylation sites is 1. The summed E-state index contributed by atoms with van der Waals surface area (Å²) in [5.74, 6) is 0.322. The zero-order valence-electron chi connectivity index (χ0n) is 12.9. The van der Waals surface area contributed by atoms with Gasteiger partial charge in [0, 0.05) is 19.2 Å². The molecule has 0 aliphatic carbocycles. The summed E-state index contributed by atoms with van der Waals surface area (Å²) in [6.07, 6.45) is 1.88. The minimum Gasteiger partial charge on any atom is -0.370 e. The maximum Gasteiger partial charge on any atom is 0.216 e. The fraction of sp³-hybridized carbons (Fsp3) is 0.467. The molecule has 0 heterocycles. The molecule has 1 aromatic carbocycles. The number of hydrogen-bond acceptors (Lipinski definition) is 2. The molecule has 5 nitrogen and oxygen atoms in total. The molecule has 4 N–H and O–H groups in total. The number of aryl methyl sites for hydroxylation is 2. The summed E-state index contributed by atoms with van der Waals surface area (Å²) in [7, 11) is 0. The van der Waals surface area contributed by atoms with Gasteiger partial charge in [-0.2, -0.15) is 0 Å². The first-order valence-corrected chi connectivity index (χ1v) is 7.00. The van der Waals surface area contributed by atoms with E-state index in [0.717, 1.165) is 18.5 Å². The fourth-order valence-corrected chi connectivity index (χ4v) is 1.98. The van der Waals surface area contributed by atoms with Gasteiger partial charge in [0.2, 0.25) is 5.91 Å².